The molecule has 2 rings (SSSR count). The molecule has 0 spiro atoms. The van der Waals surface area contributed by atoms with E-state index in [1.54, 1.807) is 7.11 Å². The SMILES string of the molecule is COCCCN(Cc1cccn1Cc1ccc(F)cc1)C(C)(C)CO. The van der Waals surface area contributed by atoms with Crippen LogP contribution in [0.5, 0.6) is 0 Å². The summed E-state index contributed by atoms with van der Waals surface area (Å²) in [6.45, 7) is 7.19. The Bertz CT molecular complexity index is 637. The van der Waals surface area contributed by atoms with Gasteiger partial charge in [0.2, 0.25) is 0 Å². The third-order valence-corrected chi connectivity index (χ3v) is 4.56. The second kappa shape index (κ2) is 9.13. The first kappa shape index (κ1) is 19.6. The van der Waals surface area contributed by atoms with E-state index >= 15 is 0 Å². The van der Waals surface area contributed by atoms with Gasteiger partial charge in [0.1, 0.15) is 5.82 Å². The van der Waals surface area contributed by atoms with Gasteiger partial charge in [-0.05, 0) is 50.1 Å². The normalized spacial score (nSPS) is 12.1. The van der Waals surface area contributed by atoms with Crippen LogP contribution in [0.2, 0.25) is 0 Å². The van der Waals surface area contributed by atoms with Crippen LogP contribution in [-0.2, 0) is 17.8 Å². The molecule has 0 saturated heterocycles. The number of methoxy groups -OCH3 is 1. The van der Waals surface area contributed by atoms with E-state index in [1.165, 1.54) is 17.8 Å². The smallest absolute Gasteiger partial charge is 0.123 e. The molecule has 1 aromatic carbocycles. The largest absolute Gasteiger partial charge is 0.394 e. The Morgan fingerprint density at radius 2 is 1.92 bits per heavy atom. The van der Waals surface area contributed by atoms with Crippen molar-refractivity contribution in [2.24, 2.45) is 0 Å². The Balaban J connectivity index is 2.11. The van der Waals surface area contributed by atoms with E-state index in [0.29, 0.717) is 13.2 Å². The second-order valence-corrected chi connectivity index (χ2v) is 6.99. The molecule has 0 aliphatic rings. The predicted octanol–water partition coefficient (Wildman–Crippen LogP) is 3.28. The van der Waals surface area contributed by atoms with E-state index in [0.717, 1.165) is 25.1 Å². The van der Waals surface area contributed by atoms with Crippen LogP contribution >= 0.6 is 0 Å². The maximum absolute atomic E-state index is 13.1. The highest BCUT2D eigenvalue weighted by atomic mass is 19.1. The lowest BCUT2D eigenvalue weighted by Gasteiger charge is -2.37. The van der Waals surface area contributed by atoms with Crippen molar-refractivity contribution in [3.63, 3.8) is 0 Å². The Hall–Kier alpha value is -1.69. The molecule has 1 heterocycles. The summed E-state index contributed by atoms with van der Waals surface area (Å²) in [5, 5.41) is 9.76. The zero-order chi connectivity index (χ0) is 18.3. The first-order chi connectivity index (χ1) is 12.0. The molecule has 138 valence electrons. The lowest BCUT2D eigenvalue weighted by Crippen LogP contribution is -2.47. The molecule has 0 radical (unpaired) electrons. The Kier molecular flexibility index (Phi) is 7.17. The van der Waals surface area contributed by atoms with Crippen LogP contribution in [0.4, 0.5) is 4.39 Å². The number of nitrogens with zero attached hydrogens (tertiary/aromatic N) is 2. The third-order valence-electron chi connectivity index (χ3n) is 4.56. The number of ether oxygens (including phenoxy) is 1. The van der Waals surface area contributed by atoms with E-state index in [1.807, 2.05) is 38.2 Å². The topological polar surface area (TPSA) is 37.6 Å². The van der Waals surface area contributed by atoms with E-state index in [9.17, 15) is 9.50 Å². The number of aromatic nitrogens is 1. The molecule has 0 unspecified atom stereocenters. The molecular formula is C20H29FN2O2. The molecule has 0 saturated carbocycles. The monoisotopic (exact) mass is 348 g/mol. The summed E-state index contributed by atoms with van der Waals surface area (Å²) < 4.78 is 20.4. The molecule has 0 fully saturated rings. The maximum atomic E-state index is 13.1. The lowest BCUT2D eigenvalue weighted by molar-refractivity contribution is 0.0415. The van der Waals surface area contributed by atoms with Crippen molar-refractivity contribution in [2.45, 2.75) is 38.9 Å². The highest BCUT2D eigenvalue weighted by molar-refractivity contribution is 5.18. The van der Waals surface area contributed by atoms with Crippen LogP contribution in [0.25, 0.3) is 0 Å². The summed E-state index contributed by atoms with van der Waals surface area (Å²) in [5.74, 6) is -0.217. The second-order valence-electron chi connectivity index (χ2n) is 6.99. The van der Waals surface area contributed by atoms with Crippen molar-refractivity contribution in [3.05, 3.63) is 59.7 Å². The summed E-state index contributed by atoms with van der Waals surface area (Å²) >= 11 is 0. The summed E-state index contributed by atoms with van der Waals surface area (Å²) in [6.07, 6.45) is 2.95. The van der Waals surface area contributed by atoms with Crippen molar-refractivity contribution in [1.82, 2.24) is 9.47 Å². The van der Waals surface area contributed by atoms with E-state index in [4.69, 9.17) is 4.74 Å². The summed E-state index contributed by atoms with van der Waals surface area (Å²) in [7, 11) is 1.70. The standard InChI is InChI=1S/C20H29FN2O2/c1-20(2,16-24)23(12-5-13-25-3)15-19-6-4-11-22(19)14-17-7-9-18(21)10-8-17/h4,6-11,24H,5,12-16H2,1-3H3. The van der Waals surface area contributed by atoms with Gasteiger partial charge in [-0.3, -0.25) is 4.90 Å². The number of halogens is 1. The fourth-order valence-corrected chi connectivity index (χ4v) is 2.82. The number of rotatable bonds is 10. The number of hydrogen-bond acceptors (Lipinski definition) is 3. The molecular weight excluding hydrogens is 319 g/mol. The van der Waals surface area contributed by atoms with Crippen LogP contribution in [0.3, 0.4) is 0 Å². The van der Waals surface area contributed by atoms with Crippen molar-refractivity contribution in [3.8, 4) is 0 Å². The zero-order valence-corrected chi connectivity index (χ0v) is 15.4. The van der Waals surface area contributed by atoms with Crippen LogP contribution in [0.15, 0.2) is 42.6 Å². The van der Waals surface area contributed by atoms with Crippen LogP contribution < -0.4 is 0 Å². The zero-order valence-electron chi connectivity index (χ0n) is 15.4. The van der Waals surface area contributed by atoms with E-state index in [-0.39, 0.29) is 18.0 Å². The van der Waals surface area contributed by atoms with Gasteiger partial charge >= 0.3 is 0 Å². The molecule has 4 nitrogen and oxygen atoms in total. The van der Waals surface area contributed by atoms with Crippen molar-refractivity contribution in [1.29, 1.82) is 0 Å². The van der Waals surface area contributed by atoms with Gasteiger partial charge in [-0.2, -0.15) is 0 Å². The Morgan fingerprint density at radius 1 is 1.20 bits per heavy atom. The molecule has 1 aromatic heterocycles. The minimum atomic E-state index is -0.307. The first-order valence-corrected chi connectivity index (χ1v) is 8.69. The van der Waals surface area contributed by atoms with Crippen molar-refractivity contribution in [2.75, 3.05) is 26.9 Å². The maximum Gasteiger partial charge on any atom is 0.123 e. The molecule has 2 aromatic rings. The average Bonchev–Trinajstić information content (AvgIpc) is 3.03. The van der Waals surface area contributed by atoms with E-state index < -0.39 is 0 Å². The van der Waals surface area contributed by atoms with E-state index in [2.05, 4.69) is 15.5 Å². The van der Waals surface area contributed by atoms with Crippen molar-refractivity contribution >= 4 is 0 Å². The summed E-state index contributed by atoms with van der Waals surface area (Å²) in [6, 6.07) is 10.7. The summed E-state index contributed by atoms with van der Waals surface area (Å²) in [5.41, 5.74) is 1.92. The van der Waals surface area contributed by atoms with Crippen LogP contribution in [0.1, 0.15) is 31.5 Å². The molecule has 0 amide bonds. The van der Waals surface area contributed by atoms with Gasteiger partial charge in [0, 0.05) is 50.8 Å². The number of benzene rings is 1. The molecule has 0 atom stereocenters. The lowest BCUT2D eigenvalue weighted by atomic mass is 10.0. The Labute approximate surface area is 149 Å². The molecule has 5 heteroatoms. The van der Waals surface area contributed by atoms with Gasteiger partial charge < -0.3 is 14.4 Å². The fourth-order valence-electron chi connectivity index (χ4n) is 2.82. The molecule has 0 bridgehead atoms. The fraction of sp³-hybridized carbons (Fsp3) is 0.500. The van der Waals surface area contributed by atoms with Crippen LogP contribution in [0, 0.1) is 5.82 Å². The molecule has 1 N–H and O–H groups in total. The average molecular weight is 348 g/mol. The van der Waals surface area contributed by atoms with Gasteiger partial charge in [-0.1, -0.05) is 12.1 Å². The van der Waals surface area contributed by atoms with Crippen LogP contribution in [-0.4, -0.2) is 47.0 Å². The first-order valence-electron chi connectivity index (χ1n) is 8.69. The number of aliphatic hydroxyl groups excluding tert-OH is 1. The van der Waals surface area contributed by atoms with Gasteiger partial charge in [-0.15, -0.1) is 0 Å². The van der Waals surface area contributed by atoms with Gasteiger partial charge in [0.05, 0.1) is 6.61 Å². The molecule has 25 heavy (non-hydrogen) atoms. The van der Waals surface area contributed by atoms with Gasteiger partial charge in [-0.25, -0.2) is 4.39 Å². The highest BCUT2D eigenvalue weighted by Crippen LogP contribution is 2.19. The number of hydrogen-bond donors (Lipinski definition) is 1. The molecule has 0 aliphatic heterocycles. The molecule has 0 aliphatic carbocycles. The minimum Gasteiger partial charge on any atom is -0.394 e. The number of aliphatic hydroxyl groups is 1. The summed E-state index contributed by atoms with van der Waals surface area (Å²) in [4.78, 5) is 2.28. The van der Waals surface area contributed by atoms with Gasteiger partial charge in [0.25, 0.3) is 0 Å². The highest BCUT2D eigenvalue weighted by Gasteiger charge is 2.26. The predicted molar refractivity (Wildman–Crippen MR) is 98.0 cm³/mol. The van der Waals surface area contributed by atoms with Crippen molar-refractivity contribution < 1.29 is 14.2 Å². The Morgan fingerprint density at radius 3 is 2.56 bits per heavy atom. The quantitative estimate of drug-likeness (QED) is 0.670. The van der Waals surface area contributed by atoms with Gasteiger partial charge in [0.15, 0.2) is 0 Å². The third kappa shape index (κ3) is 5.66. The minimum absolute atomic E-state index is 0.0959.